The van der Waals surface area contributed by atoms with Gasteiger partial charge in [-0.2, -0.15) is 0 Å². The summed E-state index contributed by atoms with van der Waals surface area (Å²) in [4.78, 5) is 0. The molecule has 0 bridgehead atoms. The van der Waals surface area contributed by atoms with E-state index in [2.05, 4.69) is 0 Å². The minimum atomic E-state index is 0.239. The SMILES string of the molecule is COc1ccc(Cl)c(-c2ccc(O)cc2)c1. The van der Waals surface area contributed by atoms with E-state index in [0.717, 1.165) is 16.9 Å². The molecule has 0 unspecified atom stereocenters. The van der Waals surface area contributed by atoms with E-state index in [-0.39, 0.29) is 5.75 Å². The number of halogens is 1. The molecular formula is C13H11ClO2. The molecule has 0 heterocycles. The second-order valence-electron chi connectivity index (χ2n) is 3.39. The predicted octanol–water partition coefficient (Wildman–Crippen LogP) is 3.72. The van der Waals surface area contributed by atoms with Crippen LogP contribution in [0.5, 0.6) is 11.5 Å². The van der Waals surface area contributed by atoms with Gasteiger partial charge in [0.05, 0.1) is 7.11 Å². The van der Waals surface area contributed by atoms with Crippen LogP contribution in [-0.4, -0.2) is 12.2 Å². The van der Waals surface area contributed by atoms with Crippen LogP contribution in [0, 0.1) is 0 Å². The summed E-state index contributed by atoms with van der Waals surface area (Å²) in [5.41, 5.74) is 1.84. The van der Waals surface area contributed by atoms with Crippen molar-refractivity contribution in [2.24, 2.45) is 0 Å². The number of aromatic hydroxyl groups is 1. The molecule has 0 saturated carbocycles. The van der Waals surface area contributed by atoms with Gasteiger partial charge in [0.2, 0.25) is 0 Å². The van der Waals surface area contributed by atoms with Crippen molar-refractivity contribution in [3.63, 3.8) is 0 Å². The van der Waals surface area contributed by atoms with E-state index in [0.29, 0.717) is 5.02 Å². The van der Waals surface area contributed by atoms with Crippen LogP contribution >= 0.6 is 11.6 Å². The molecule has 1 N–H and O–H groups in total. The van der Waals surface area contributed by atoms with Gasteiger partial charge in [-0.05, 0) is 35.9 Å². The van der Waals surface area contributed by atoms with Gasteiger partial charge in [0.15, 0.2) is 0 Å². The maximum absolute atomic E-state index is 9.22. The van der Waals surface area contributed by atoms with Crippen molar-refractivity contribution in [2.75, 3.05) is 7.11 Å². The predicted molar refractivity (Wildman–Crippen MR) is 65.1 cm³/mol. The van der Waals surface area contributed by atoms with Crippen molar-refractivity contribution in [3.05, 3.63) is 47.5 Å². The third-order valence-electron chi connectivity index (χ3n) is 2.35. The Bertz CT molecular complexity index is 492. The molecule has 0 spiro atoms. The fourth-order valence-electron chi connectivity index (χ4n) is 1.49. The van der Waals surface area contributed by atoms with Gasteiger partial charge in [0, 0.05) is 10.6 Å². The maximum Gasteiger partial charge on any atom is 0.119 e. The number of methoxy groups -OCH3 is 1. The van der Waals surface area contributed by atoms with Crippen molar-refractivity contribution in [3.8, 4) is 22.6 Å². The van der Waals surface area contributed by atoms with Crippen molar-refractivity contribution in [1.29, 1.82) is 0 Å². The monoisotopic (exact) mass is 234 g/mol. The number of rotatable bonds is 2. The number of hydrogen-bond donors (Lipinski definition) is 1. The van der Waals surface area contributed by atoms with Crippen molar-refractivity contribution in [1.82, 2.24) is 0 Å². The second-order valence-corrected chi connectivity index (χ2v) is 3.80. The zero-order valence-corrected chi connectivity index (χ0v) is 9.53. The highest BCUT2D eigenvalue weighted by atomic mass is 35.5. The number of phenols is 1. The fraction of sp³-hybridized carbons (Fsp3) is 0.0769. The summed E-state index contributed by atoms with van der Waals surface area (Å²) < 4.78 is 5.15. The van der Waals surface area contributed by atoms with Crippen LogP contribution in [0.25, 0.3) is 11.1 Å². The van der Waals surface area contributed by atoms with Crippen LogP contribution in [0.2, 0.25) is 5.02 Å². The first-order valence-corrected chi connectivity index (χ1v) is 5.21. The summed E-state index contributed by atoms with van der Waals surface area (Å²) in [6, 6.07) is 12.4. The summed E-state index contributed by atoms with van der Waals surface area (Å²) >= 11 is 6.11. The first-order chi connectivity index (χ1) is 7.70. The topological polar surface area (TPSA) is 29.5 Å². The van der Waals surface area contributed by atoms with Gasteiger partial charge in [0.1, 0.15) is 11.5 Å². The second kappa shape index (κ2) is 4.45. The molecule has 0 aliphatic heterocycles. The fourth-order valence-corrected chi connectivity index (χ4v) is 1.72. The maximum atomic E-state index is 9.22. The van der Waals surface area contributed by atoms with Gasteiger partial charge in [0.25, 0.3) is 0 Å². The Morgan fingerprint density at radius 2 is 1.75 bits per heavy atom. The van der Waals surface area contributed by atoms with Crippen LogP contribution in [0.4, 0.5) is 0 Å². The highest BCUT2D eigenvalue weighted by molar-refractivity contribution is 6.33. The van der Waals surface area contributed by atoms with Crippen molar-refractivity contribution < 1.29 is 9.84 Å². The highest BCUT2D eigenvalue weighted by Crippen LogP contribution is 2.32. The molecule has 0 aliphatic rings. The Balaban J connectivity index is 2.50. The quantitative estimate of drug-likeness (QED) is 0.858. The van der Waals surface area contributed by atoms with E-state index in [4.69, 9.17) is 16.3 Å². The molecule has 3 heteroatoms. The van der Waals surface area contributed by atoms with Gasteiger partial charge < -0.3 is 9.84 Å². The first-order valence-electron chi connectivity index (χ1n) is 4.83. The van der Waals surface area contributed by atoms with Crippen LogP contribution in [0.1, 0.15) is 0 Å². The van der Waals surface area contributed by atoms with Crippen LogP contribution < -0.4 is 4.74 Å². The van der Waals surface area contributed by atoms with Gasteiger partial charge in [-0.15, -0.1) is 0 Å². The molecule has 0 aliphatic carbocycles. The molecule has 2 aromatic rings. The number of benzene rings is 2. The van der Waals surface area contributed by atoms with E-state index in [1.54, 1.807) is 25.3 Å². The molecule has 0 saturated heterocycles. The lowest BCUT2D eigenvalue weighted by atomic mass is 10.1. The molecule has 0 atom stereocenters. The van der Waals surface area contributed by atoms with Gasteiger partial charge in [-0.25, -0.2) is 0 Å². The first kappa shape index (κ1) is 10.8. The summed E-state index contributed by atoms with van der Waals surface area (Å²) in [5, 5.41) is 9.87. The number of hydrogen-bond acceptors (Lipinski definition) is 2. The Kier molecular flexibility index (Phi) is 3.02. The molecule has 82 valence electrons. The average Bonchev–Trinajstić information content (AvgIpc) is 2.31. The number of ether oxygens (including phenoxy) is 1. The van der Waals surface area contributed by atoms with Crippen LogP contribution in [0.15, 0.2) is 42.5 Å². The third kappa shape index (κ3) is 2.12. The highest BCUT2D eigenvalue weighted by Gasteiger charge is 2.05. The largest absolute Gasteiger partial charge is 0.508 e. The molecule has 0 aromatic heterocycles. The standard InChI is InChI=1S/C13H11ClO2/c1-16-11-6-7-13(14)12(8-11)9-2-4-10(15)5-3-9/h2-8,15H,1H3. The average molecular weight is 235 g/mol. The van der Waals surface area contributed by atoms with Gasteiger partial charge in [-0.1, -0.05) is 23.7 Å². The third-order valence-corrected chi connectivity index (χ3v) is 2.68. The molecule has 0 radical (unpaired) electrons. The van der Waals surface area contributed by atoms with Crippen LogP contribution in [-0.2, 0) is 0 Å². The Hall–Kier alpha value is -1.67. The van der Waals surface area contributed by atoms with Crippen molar-refractivity contribution in [2.45, 2.75) is 0 Å². The molecular weight excluding hydrogens is 224 g/mol. The van der Waals surface area contributed by atoms with Gasteiger partial charge in [-0.3, -0.25) is 0 Å². The normalized spacial score (nSPS) is 10.1. The van der Waals surface area contributed by atoms with E-state index >= 15 is 0 Å². The summed E-state index contributed by atoms with van der Waals surface area (Å²) in [5.74, 6) is 0.996. The molecule has 2 rings (SSSR count). The Labute approximate surface area is 99.1 Å². The zero-order valence-electron chi connectivity index (χ0n) is 8.77. The van der Waals surface area contributed by atoms with E-state index in [1.807, 2.05) is 24.3 Å². The lowest BCUT2D eigenvalue weighted by Gasteiger charge is -2.07. The van der Waals surface area contributed by atoms with E-state index < -0.39 is 0 Å². The van der Waals surface area contributed by atoms with E-state index in [9.17, 15) is 5.11 Å². The van der Waals surface area contributed by atoms with Crippen LogP contribution in [0.3, 0.4) is 0 Å². The lowest BCUT2D eigenvalue weighted by Crippen LogP contribution is -1.85. The summed E-state index contributed by atoms with van der Waals surface area (Å²) in [7, 11) is 1.61. The lowest BCUT2D eigenvalue weighted by molar-refractivity contribution is 0.415. The number of phenolic OH excluding ortho intramolecular Hbond substituents is 1. The van der Waals surface area contributed by atoms with E-state index in [1.165, 1.54) is 0 Å². The molecule has 0 fully saturated rings. The zero-order chi connectivity index (χ0) is 11.5. The smallest absolute Gasteiger partial charge is 0.119 e. The van der Waals surface area contributed by atoms with Crippen molar-refractivity contribution >= 4 is 11.6 Å². The molecule has 2 aromatic carbocycles. The Morgan fingerprint density at radius 1 is 1.06 bits per heavy atom. The minimum absolute atomic E-state index is 0.239. The summed E-state index contributed by atoms with van der Waals surface area (Å²) in [6.07, 6.45) is 0. The minimum Gasteiger partial charge on any atom is -0.508 e. The van der Waals surface area contributed by atoms with Gasteiger partial charge >= 0.3 is 0 Å². The molecule has 0 amide bonds. The summed E-state index contributed by atoms with van der Waals surface area (Å²) in [6.45, 7) is 0. The Morgan fingerprint density at radius 3 is 2.38 bits per heavy atom. The molecule has 16 heavy (non-hydrogen) atoms. The molecule has 2 nitrogen and oxygen atoms in total.